The first-order chi connectivity index (χ1) is 20.5. The van der Waals surface area contributed by atoms with Gasteiger partial charge in [-0.1, -0.05) is 13.8 Å². The number of hydrogen-bond acceptors (Lipinski definition) is 4. The Morgan fingerprint density at radius 3 is 2.41 bits per heavy atom. The average Bonchev–Trinajstić information content (AvgIpc) is 3.32. The van der Waals surface area contributed by atoms with Crippen molar-refractivity contribution in [3.8, 4) is 11.1 Å². The molecule has 1 aliphatic rings. The first kappa shape index (κ1) is 32.8. The van der Waals surface area contributed by atoms with Crippen molar-refractivity contribution in [3.63, 3.8) is 0 Å². The van der Waals surface area contributed by atoms with Gasteiger partial charge in [-0.25, -0.2) is 22.4 Å². The molecule has 1 saturated carbocycles. The summed E-state index contributed by atoms with van der Waals surface area (Å²) in [5, 5.41) is 15.9. The molecule has 0 aliphatic heterocycles. The smallest absolute Gasteiger partial charge is 0.408 e. The van der Waals surface area contributed by atoms with E-state index in [1.807, 2.05) is 13.8 Å². The van der Waals surface area contributed by atoms with Crippen LogP contribution in [0.1, 0.15) is 55.5 Å². The van der Waals surface area contributed by atoms with E-state index in [-0.39, 0.29) is 59.7 Å². The van der Waals surface area contributed by atoms with Crippen LogP contribution in [0.2, 0.25) is 0 Å². The molecule has 0 unspecified atom stereocenters. The van der Waals surface area contributed by atoms with Crippen LogP contribution in [0.3, 0.4) is 0 Å². The van der Waals surface area contributed by atoms with Gasteiger partial charge in [0.05, 0.1) is 29.6 Å². The van der Waals surface area contributed by atoms with Gasteiger partial charge in [-0.2, -0.15) is 18.3 Å². The molecule has 0 radical (unpaired) electrons. The summed E-state index contributed by atoms with van der Waals surface area (Å²) < 4.78 is 96.9. The fourth-order valence-corrected chi connectivity index (χ4v) is 5.35. The fourth-order valence-electron chi connectivity index (χ4n) is 5.35. The summed E-state index contributed by atoms with van der Waals surface area (Å²) in [4.78, 5) is 26.8. The zero-order valence-electron chi connectivity index (χ0n) is 23.9. The number of hydrogen-bond donors (Lipinski definition) is 2. The van der Waals surface area contributed by atoms with Gasteiger partial charge in [0.25, 0.3) is 0 Å². The van der Waals surface area contributed by atoms with Gasteiger partial charge in [-0.3, -0.25) is 9.48 Å². The van der Waals surface area contributed by atoms with Crippen molar-refractivity contribution in [2.45, 2.75) is 70.6 Å². The van der Waals surface area contributed by atoms with Gasteiger partial charge >= 0.3 is 12.1 Å². The van der Waals surface area contributed by atoms with Crippen LogP contribution in [0, 0.1) is 17.6 Å². The van der Waals surface area contributed by atoms with E-state index in [2.05, 4.69) is 10.4 Å². The number of alkyl halides is 5. The van der Waals surface area contributed by atoms with Crippen LogP contribution in [0.15, 0.2) is 42.7 Å². The molecule has 1 amide bonds. The molecule has 2 N–H and O–H groups in total. The molecule has 3 aromatic rings. The third-order valence-electron chi connectivity index (χ3n) is 7.25. The Labute approximate surface area is 248 Å². The number of nitrogens with zero attached hydrogens (tertiary/aromatic N) is 3. The summed E-state index contributed by atoms with van der Waals surface area (Å²) in [5.74, 6) is -6.80. The largest absolute Gasteiger partial charge is 0.478 e. The van der Waals surface area contributed by atoms with Crippen molar-refractivity contribution in [1.29, 1.82) is 0 Å². The molecule has 1 aliphatic carbocycles. The third kappa shape index (κ3) is 8.29. The van der Waals surface area contributed by atoms with Gasteiger partial charge < -0.3 is 15.3 Å². The summed E-state index contributed by atoms with van der Waals surface area (Å²) >= 11 is 0. The molecule has 0 spiro atoms. The SMILES string of the molecule is CC(C)CN(c1cc(F)c(-c2cc(F)ccc2C(=O)O)cc1NC(=O)Cc1cnn(CC(F)(F)F)c1)C1CCC(F)(F)CC1. The molecule has 1 aromatic heterocycles. The zero-order valence-corrected chi connectivity index (χ0v) is 23.9. The van der Waals surface area contributed by atoms with Crippen LogP contribution in [0.5, 0.6) is 0 Å². The van der Waals surface area contributed by atoms with Crippen molar-refractivity contribution in [1.82, 2.24) is 9.78 Å². The van der Waals surface area contributed by atoms with Crippen molar-refractivity contribution < 1.29 is 45.4 Å². The monoisotopic (exact) mass is 628 g/mol. The fraction of sp³-hybridized carbons (Fsp3) is 0.433. The van der Waals surface area contributed by atoms with E-state index in [9.17, 15) is 41.0 Å². The number of carbonyl (C=O) groups excluding carboxylic acids is 1. The van der Waals surface area contributed by atoms with Crippen LogP contribution >= 0.6 is 0 Å². The highest BCUT2D eigenvalue weighted by Gasteiger charge is 2.38. The Bertz CT molecular complexity index is 1510. The zero-order chi connectivity index (χ0) is 32.4. The number of nitrogens with one attached hydrogen (secondary N) is 1. The van der Waals surface area contributed by atoms with Crippen LogP contribution in [-0.2, 0) is 17.8 Å². The molecular formula is C30H31F7N4O3. The maximum atomic E-state index is 15.8. The number of anilines is 2. The maximum Gasteiger partial charge on any atom is 0.408 e. The van der Waals surface area contributed by atoms with E-state index >= 15 is 4.39 Å². The molecule has 4 rings (SSSR count). The molecule has 0 saturated heterocycles. The lowest BCUT2D eigenvalue weighted by atomic mass is 9.89. The average molecular weight is 629 g/mol. The van der Waals surface area contributed by atoms with E-state index in [1.165, 1.54) is 0 Å². The first-order valence-corrected chi connectivity index (χ1v) is 13.9. The molecule has 14 heteroatoms. The van der Waals surface area contributed by atoms with Gasteiger partial charge in [0.2, 0.25) is 11.8 Å². The first-order valence-electron chi connectivity index (χ1n) is 13.9. The summed E-state index contributed by atoms with van der Waals surface area (Å²) in [7, 11) is 0. The minimum atomic E-state index is -4.53. The molecule has 1 heterocycles. The maximum absolute atomic E-state index is 15.8. The number of benzene rings is 2. The second-order valence-corrected chi connectivity index (χ2v) is 11.4. The van der Waals surface area contributed by atoms with Crippen molar-refractivity contribution in [2.75, 3.05) is 16.8 Å². The standard InChI is InChI=1S/C30H31F7N4O3/c1-17(2)14-41(20-5-7-29(33,34)8-6-20)26-12-24(32)23(22-10-19(31)3-4-21(22)28(43)44)11-25(26)39-27(42)9-18-13-38-40(15-18)16-30(35,36)37/h3-4,10-13,15,17,20H,5-9,14,16H2,1-2H3,(H,39,42)(H,43,44). The molecule has 2 aromatic carbocycles. The van der Waals surface area contributed by atoms with Crippen LogP contribution in [-0.4, -0.2) is 51.4 Å². The Morgan fingerprint density at radius 1 is 1.11 bits per heavy atom. The second-order valence-electron chi connectivity index (χ2n) is 11.4. The van der Waals surface area contributed by atoms with Gasteiger partial charge in [-0.15, -0.1) is 0 Å². The van der Waals surface area contributed by atoms with Gasteiger partial charge in [0, 0.05) is 42.8 Å². The summed E-state index contributed by atoms with van der Waals surface area (Å²) in [6.45, 7) is 2.68. The van der Waals surface area contributed by atoms with E-state index < -0.39 is 60.2 Å². The molecule has 0 bridgehead atoms. The normalized spacial score (nSPS) is 15.4. The van der Waals surface area contributed by atoms with Crippen LogP contribution in [0.25, 0.3) is 11.1 Å². The minimum Gasteiger partial charge on any atom is -0.478 e. The second kappa shape index (κ2) is 12.9. The topological polar surface area (TPSA) is 87.5 Å². The predicted molar refractivity (Wildman–Crippen MR) is 149 cm³/mol. The number of carbonyl (C=O) groups is 2. The molecule has 0 atom stereocenters. The number of halogens is 7. The highest BCUT2D eigenvalue weighted by atomic mass is 19.4. The number of carboxylic acids is 1. The lowest BCUT2D eigenvalue weighted by Gasteiger charge is -2.40. The van der Waals surface area contributed by atoms with Crippen LogP contribution in [0.4, 0.5) is 42.1 Å². The van der Waals surface area contributed by atoms with Gasteiger partial charge in [0.15, 0.2) is 0 Å². The minimum absolute atomic E-state index is 0.00679. The molecule has 238 valence electrons. The number of aromatic carboxylic acids is 1. The van der Waals surface area contributed by atoms with E-state index in [4.69, 9.17) is 0 Å². The Balaban J connectivity index is 1.77. The quantitative estimate of drug-likeness (QED) is 0.230. The Kier molecular flexibility index (Phi) is 9.59. The number of amides is 1. The van der Waals surface area contributed by atoms with E-state index in [0.717, 1.165) is 42.7 Å². The summed E-state index contributed by atoms with van der Waals surface area (Å²) in [6.07, 6.45) is -3.39. The highest BCUT2D eigenvalue weighted by molar-refractivity contribution is 5.99. The Morgan fingerprint density at radius 2 is 1.80 bits per heavy atom. The molecule has 1 fully saturated rings. The number of aromatic nitrogens is 2. The van der Waals surface area contributed by atoms with Gasteiger partial charge in [-0.05, 0) is 54.7 Å². The molecular weight excluding hydrogens is 597 g/mol. The lowest BCUT2D eigenvalue weighted by molar-refractivity contribution is -0.142. The highest BCUT2D eigenvalue weighted by Crippen LogP contribution is 2.41. The lowest BCUT2D eigenvalue weighted by Crippen LogP contribution is -2.43. The van der Waals surface area contributed by atoms with Crippen LogP contribution < -0.4 is 10.2 Å². The molecule has 7 nitrogen and oxygen atoms in total. The summed E-state index contributed by atoms with van der Waals surface area (Å²) in [5.41, 5.74) is -0.738. The third-order valence-corrected chi connectivity index (χ3v) is 7.25. The predicted octanol–water partition coefficient (Wildman–Crippen LogP) is 7.31. The van der Waals surface area contributed by atoms with Crippen molar-refractivity contribution in [2.24, 2.45) is 5.92 Å². The van der Waals surface area contributed by atoms with Crippen molar-refractivity contribution >= 4 is 23.3 Å². The van der Waals surface area contributed by atoms with E-state index in [1.54, 1.807) is 4.90 Å². The van der Waals surface area contributed by atoms with Gasteiger partial charge in [0.1, 0.15) is 18.2 Å². The Hall–Kier alpha value is -4.10. The number of carboxylic acid groups (broad SMARTS) is 1. The number of rotatable bonds is 10. The van der Waals surface area contributed by atoms with E-state index in [0.29, 0.717) is 11.2 Å². The molecule has 44 heavy (non-hydrogen) atoms. The summed E-state index contributed by atoms with van der Waals surface area (Å²) in [6, 6.07) is 4.49. The van der Waals surface area contributed by atoms with Crippen molar-refractivity contribution in [3.05, 3.63) is 65.5 Å².